The molecule has 2 fully saturated rings. The highest BCUT2D eigenvalue weighted by atomic mass is 16.7. The quantitative estimate of drug-likeness (QED) is 0.727. The monoisotopic (exact) mass is 398 g/mol. The fourth-order valence-electron chi connectivity index (χ4n) is 3.36. The first-order chi connectivity index (χ1) is 14.0. The van der Waals surface area contributed by atoms with Gasteiger partial charge in [-0.15, -0.1) is 5.06 Å². The molecule has 0 N–H and O–H groups in total. The van der Waals surface area contributed by atoms with Crippen molar-refractivity contribution in [2.75, 3.05) is 26.2 Å². The van der Waals surface area contributed by atoms with Gasteiger partial charge in [-0.25, -0.2) is 9.78 Å². The van der Waals surface area contributed by atoms with E-state index in [1.807, 2.05) is 37.3 Å². The molecule has 0 atom stereocenters. The second kappa shape index (κ2) is 8.04. The number of amides is 3. The lowest BCUT2D eigenvalue weighted by atomic mass is 10.2. The first kappa shape index (κ1) is 19.1. The fraction of sp³-hybridized carbons (Fsp3) is 0.400. The smallest absolute Gasteiger partial charge is 0.434 e. The lowest BCUT2D eigenvalue weighted by molar-refractivity contribution is -0.174. The Hall–Kier alpha value is -3.20. The maximum atomic E-state index is 12.2. The molecule has 2 aliphatic rings. The molecule has 2 saturated heterocycles. The number of imide groups is 1. The van der Waals surface area contributed by atoms with Gasteiger partial charge in [0.25, 0.3) is 11.8 Å². The van der Waals surface area contributed by atoms with Gasteiger partial charge in [-0.3, -0.25) is 14.5 Å². The van der Waals surface area contributed by atoms with Gasteiger partial charge in [-0.05, 0) is 19.1 Å². The Kier molecular flexibility index (Phi) is 5.30. The molecule has 0 aliphatic carbocycles. The van der Waals surface area contributed by atoms with Gasteiger partial charge < -0.3 is 14.2 Å². The van der Waals surface area contributed by atoms with E-state index in [0.717, 1.165) is 17.0 Å². The van der Waals surface area contributed by atoms with E-state index in [4.69, 9.17) is 9.25 Å². The molecule has 0 radical (unpaired) electrons. The minimum Gasteiger partial charge on any atom is -0.440 e. The second-order valence-corrected chi connectivity index (χ2v) is 7.10. The number of oxazole rings is 1. The maximum Gasteiger partial charge on any atom is 0.434 e. The molecule has 152 valence electrons. The third-order valence-corrected chi connectivity index (χ3v) is 5.09. The lowest BCUT2D eigenvalue weighted by Gasteiger charge is -2.33. The molecule has 0 spiro atoms. The first-order valence-corrected chi connectivity index (χ1v) is 9.58. The third kappa shape index (κ3) is 4.14. The third-order valence-electron chi connectivity index (χ3n) is 5.09. The van der Waals surface area contributed by atoms with Crippen LogP contribution < -0.4 is 0 Å². The van der Waals surface area contributed by atoms with Crippen LogP contribution in [0.4, 0.5) is 4.79 Å². The van der Waals surface area contributed by atoms with Gasteiger partial charge in [0.2, 0.25) is 5.89 Å². The van der Waals surface area contributed by atoms with E-state index in [1.54, 1.807) is 0 Å². The largest absolute Gasteiger partial charge is 0.440 e. The molecule has 4 rings (SSSR count). The number of hydroxylamine groups is 2. The number of aryl methyl sites for hydroxylation is 1. The van der Waals surface area contributed by atoms with Crippen molar-refractivity contribution in [3.63, 3.8) is 0 Å². The average Bonchev–Trinajstić information content (AvgIpc) is 3.26. The number of aromatic nitrogens is 1. The number of hydrogen-bond acceptors (Lipinski definition) is 7. The molecule has 3 amide bonds. The highest BCUT2D eigenvalue weighted by Gasteiger charge is 2.35. The number of benzene rings is 1. The van der Waals surface area contributed by atoms with Gasteiger partial charge in [-0.1, -0.05) is 18.2 Å². The summed E-state index contributed by atoms with van der Waals surface area (Å²) in [5.41, 5.74) is 1.78. The zero-order valence-electron chi connectivity index (χ0n) is 16.2. The standard InChI is InChI=1S/C20H22N4O5/c1-14-16(28-19(21-14)15-5-3-2-4-6-15)13-22-9-11-23(12-10-22)20(27)29-24-17(25)7-8-18(24)26/h2-6H,7-13H2,1H3. The van der Waals surface area contributed by atoms with Crippen molar-refractivity contribution in [1.82, 2.24) is 19.8 Å². The summed E-state index contributed by atoms with van der Waals surface area (Å²) in [6.07, 6.45) is -0.501. The lowest BCUT2D eigenvalue weighted by Crippen LogP contribution is -2.50. The van der Waals surface area contributed by atoms with Crippen molar-refractivity contribution in [3.8, 4) is 11.5 Å². The van der Waals surface area contributed by atoms with E-state index < -0.39 is 17.9 Å². The Labute approximate surface area is 167 Å². The first-order valence-electron chi connectivity index (χ1n) is 9.58. The van der Waals surface area contributed by atoms with E-state index in [9.17, 15) is 14.4 Å². The minimum atomic E-state index is -0.671. The summed E-state index contributed by atoms with van der Waals surface area (Å²) < 4.78 is 5.95. The summed E-state index contributed by atoms with van der Waals surface area (Å²) in [5, 5.41) is 0.581. The van der Waals surface area contributed by atoms with Crippen molar-refractivity contribution in [2.45, 2.75) is 26.3 Å². The number of hydrogen-bond donors (Lipinski definition) is 0. The van der Waals surface area contributed by atoms with E-state index in [-0.39, 0.29) is 12.8 Å². The second-order valence-electron chi connectivity index (χ2n) is 7.10. The number of rotatable bonds is 4. The summed E-state index contributed by atoms with van der Waals surface area (Å²) >= 11 is 0. The Morgan fingerprint density at radius 2 is 1.72 bits per heavy atom. The van der Waals surface area contributed by atoms with Crippen LogP contribution in [0.2, 0.25) is 0 Å². The van der Waals surface area contributed by atoms with E-state index >= 15 is 0 Å². The van der Waals surface area contributed by atoms with Crippen LogP contribution >= 0.6 is 0 Å². The van der Waals surface area contributed by atoms with Crippen molar-refractivity contribution in [3.05, 3.63) is 41.8 Å². The zero-order valence-corrected chi connectivity index (χ0v) is 16.2. The Bertz CT molecular complexity index is 902. The van der Waals surface area contributed by atoms with Crippen LogP contribution in [-0.4, -0.2) is 63.9 Å². The molecule has 1 aromatic carbocycles. The summed E-state index contributed by atoms with van der Waals surface area (Å²) in [6, 6.07) is 9.73. The van der Waals surface area contributed by atoms with Crippen molar-refractivity contribution in [2.24, 2.45) is 0 Å². The SMILES string of the molecule is Cc1nc(-c2ccccc2)oc1CN1CCN(C(=O)ON2C(=O)CCC2=O)CC1. The molecule has 9 nitrogen and oxygen atoms in total. The molecule has 0 bridgehead atoms. The van der Waals surface area contributed by atoms with Crippen LogP contribution in [0.25, 0.3) is 11.5 Å². The Balaban J connectivity index is 1.31. The summed E-state index contributed by atoms with van der Waals surface area (Å²) in [6.45, 7) is 4.64. The molecule has 2 aliphatic heterocycles. The van der Waals surface area contributed by atoms with Gasteiger partial charge in [0.15, 0.2) is 0 Å². The molecule has 0 saturated carbocycles. The number of nitrogens with zero attached hydrogens (tertiary/aromatic N) is 4. The number of piperazine rings is 1. The van der Waals surface area contributed by atoms with Crippen LogP contribution in [-0.2, 0) is 21.0 Å². The predicted octanol–water partition coefficient (Wildman–Crippen LogP) is 1.97. The van der Waals surface area contributed by atoms with Crippen molar-refractivity contribution in [1.29, 1.82) is 0 Å². The molecule has 3 heterocycles. The molecule has 9 heteroatoms. The van der Waals surface area contributed by atoms with Gasteiger partial charge in [0, 0.05) is 44.6 Å². The molecule has 1 aromatic heterocycles. The topological polar surface area (TPSA) is 96.2 Å². The van der Waals surface area contributed by atoms with Gasteiger partial charge in [0.05, 0.1) is 12.2 Å². The van der Waals surface area contributed by atoms with E-state index in [1.165, 1.54) is 4.90 Å². The molecular weight excluding hydrogens is 376 g/mol. The molecule has 29 heavy (non-hydrogen) atoms. The van der Waals surface area contributed by atoms with Crippen LogP contribution in [0.1, 0.15) is 24.3 Å². The highest BCUT2D eigenvalue weighted by Crippen LogP contribution is 2.23. The van der Waals surface area contributed by atoms with Crippen molar-refractivity contribution < 1.29 is 23.6 Å². The molecule has 0 unspecified atom stereocenters. The van der Waals surface area contributed by atoms with Crippen LogP contribution in [0.5, 0.6) is 0 Å². The fourth-order valence-corrected chi connectivity index (χ4v) is 3.36. The number of carbonyl (C=O) groups is 3. The molecule has 2 aromatic rings. The summed E-state index contributed by atoms with van der Waals surface area (Å²) in [7, 11) is 0. The van der Waals surface area contributed by atoms with Crippen LogP contribution in [0.15, 0.2) is 34.7 Å². The van der Waals surface area contributed by atoms with Gasteiger partial charge >= 0.3 is 6.09 Å². The Morgan fingerprint density at radius 3 is 2.38 bits per heavy atom. The van der Waals surface area contributed by atoms with E-state index in [0.29, 0.717) is 43.7 Å². The minimum absolute atomic E-state index is 0.0847. The normalized spacial score (nSPS) is 17.8. The van der Waals surface area contributed by atoms with Gasteiger partial charge in [0.1, 0.15) is 5.76 Å². The maximum absolute atomic E-state index is 12.2. The summed E-state index contributed by atoms with van der Waals surface area (Å²) in [5.74, 6) is 0.447. The zero-order chi connectivity index (χ0) is 20.4. The van der Waals surface area contributed by atoms with Crippen LogP contribution in [0.3, 0.4) is 0 Å². The highest BCUT2D eigenvalue weighted by molar-refractivity contribution is 6.01. The predicted molar refractivity (Wildman–Crippen MR) is 101 cm³/mol. The van der Waals surface area contributed by atoms with Gasteiger partial charge in [-0.2, -0.15) is 0 Å². The van der Waals surface area contributed by atoms with E-state index in [2.05, 4.69) is 9.88 Å². The average molecular weight is 398 g/mol. The van der Waals surface area contributed by atoms with Crippen molar-refractivity contribution >= 4 is 17.9 Å². The number of carbonyl (C=O) groups excluding carboxylic acids is 3. The van der Waals surface area contributed by atoms with Crippen LogP contribution in [0, 0.1) is 6.92 Å². The molecular formula is C20H22N4O5. The Morgan fingerprint density at radius 1 is 1.07 bits per heavy atom. The summed E-state index contributed by atoms with van der Waals surface area (Å²) in [4.78, 5) is 48.5.